The molecular weight excluding hydrogens is 314 g/mol. The maximum atomic E-state index is 12.0. The number of piperidine rings is 1. The summed E-state index contributed by atoms with van der Waals surface area (Å²) < 4.78 is 11.1. The summed E-state index contributed by atoms with van der Waals surface area (Å²) in [6.07, 6.45) is 0.838. The van der Waals surface area contributed by atoms with Crippen LogP contribution in [0.5, 0.6) is 5.75 Å². The normalized spacial score (nSPS) is 15.9. The monoisotopic (exact) mass is 337 g/mol. The van der Waals surface area contributed by atoms with E-state index >= 15 is 0 Å². The van der Waals surface area contributed by atoms with Crippen molar-refractivity contribution in [3.63, 3.8) is 0 Å². The first-order valence-corrected chi connectivity index (χ1v) is 7.84. The molecule has 2 rings (SSSR count). The summed E-state index contributed by atoms with van der Waals surface area (Å²) in [5, 5.41) is 10.9. The van der Waals surface area contributed by atoms with E-state index in [1.165, 1.54) is 12.1 Å². The molecule has 1 fully saturated rings. The lowest BCUT2D eigenvalue weighted by Crippen LogP contribution is -2.44. The Morgan fingerprint density at radius 1 is 1.33 bits per heavy atom. The number of carbonyl (C=O) groups is 1. The van der Waals surface area contributed by atoms with E-state index in [0.717, 1.165) is 0 Å². The van der Waals surface area contributed by atoms with E-state index in [1.807, 2.05) is 20.8 Å². The summed E-state index contributed by atoms with van der Waals surface area (Å²) in [4.78, 5) is 24.0. The topological polar surface area (TPSA) is 108 Å². The van der Waals surface area contributed by atoms with Crippen molar-refractivity contribution < 1.29 is 19.2 Å². The van der Waals surface area contributed by atoms with Gasteiger partial charge >= 0.3 is 6.09 Å². The Balaban J connectivity index is 1.90. The zero-order valence-electron chi connectivity index (χ0n) is 14.2. The highest BCUT2D eigenvalue weighted by molar-refractivity contribution is 5.68. The van der Waals surface area contributed by atoms with Gasteiger partial charge in [0.25, 0.3) is 5.69 Å². The molecule has 24 heavy (non-hydrogen) atoms. The van der Waals surface area contributed by atoms with Crippen molar-refractivity contribution >= 4 is 17.5 Å². The third-order valence-electron chi connectivity index (χ3n) is 3.60. The molecule has 1 amide bonds. The maximum Gasteiger partial charge on any atom is 0.410 e. The van der Waals surface area contributed by atoms with Gasteiger partial charge < -0.3 is 20.1 Å². The van der Waals surface area contributed by atoms with Crippen LogP contribution in [0.15, 0.2) is 18.2 Å². The minimum absolute atomic E-state index is 0.104. The number of ether oxygens (including phenoxy) is 2. The molecular formula is C16H23N3O5. The molecule has 8 heteroatoms. The Morgan fingerprint density at radius 2 is 1.96 bits per heavy atom. The zero-order chi connectivity index (χ0) is 17.9. The molecule has 1 aliphatic rings. The van der Waals surface area contributed by atoms with Crippen molar-refractivity contribution in [1.29, 1.82) is 0 Å². The lowest BCUT2D eigenvalue weighted by molar-refractivity contribution is -0.384. The summed E-state index contributed by atoms with van der Waals surface area (Å²) in [7, 11) is 0. The number of carbonyl (C=O) groups excluding carboxylic acids is 1. The first-order chi connectivity index (χ1) is 11.2. The molecule has 0 aliphatic carbocycles. The molecule has 2 N–H and O–H groups in total. The number of likely N-dealkylation sites (tertiary alicyclic amines) is 1. The lowest BCUT2D eigenvalue weighted by Gasteiger charge is -2.33. The molecule has 8 nitrogen and oxygen atoms in total. The Bertz CT molecular complexity index is 619. The van der Waals surface area contributed by atoms with Crippen molar-refractivity contribution in [3.8, 4) is 5.75 Å². The van der Waals surface area contributed by atoms with Crippen molar-refractivity contribution in [2.24, 2.45) is 0 Å². The molecule has 0 unspecified atom stereocenters. The Hall–Kier alpha value is -2.51. The quantitative estimate of drug-likeness (QED) is 0.516. The zero-order valence-corrected chi connectivity index (χ0v) is 14.2. The van der Waals surface area contributed by atoms with Crippen molar-refractivity contribution in [2.75, 3.05) is 18.8 Å². The van der Waals surface area contributed by atoms with Crippen molar-refractivity contribution in [1.82, 2.24) is 4.90 Å². The van der Waals surface area contributed by atoms with Crippen molar-refractivity contribution in [2.45, 2.75) is 45.3 Å². The predicted molar refractivity (Wildman–Crippen MR) is 89.0 cm³/mol. The highest BCUT2D eigenvalue weighted by Crippen LogP contribution is 2.28. The maximum absolute atomic E-state index is 12.0. The third-order valence-corrected chi connectivity index (χ3v) is 3.60. The number of anilines is 1. The van der Waals surface area contributed by atoms with Crippen LogP contribution < -0.4 is 10.5 Å². The van der Waals surface area contributed by atoms with Crippen LogP contribution in [0.3, 0.4) is 0 Å². The van der Waals surface area contributed by atoms with Gasteiger partial charge in [-0.25, -0.2) is 4.79 Å². The van der Waals surface area contributed by atoms with Crippen LogP contribution in [0.2, 0.25) is 0 Å². The summed E-state index contributed by atoms with van der Waals surface area (Å²) in [6, 6.07) is 4.40. The van der Waals surface area contributed by atoms with Gasteiger partial charge in [-0.15, -0.1) is 0 Å². The number of nitro benzene ring substituents is 1. The number of nitrogens with two attached hydrogens (primary N) is 1. The van der Waals surface area contributed by atoms with Crippen LogP contribution in [0, 0.1) is 10.1 Å². The van der Waals surface area contributed by atoms with Gasteiger partial charge in [-0.1, -0.05) is 0 Å². The first kappa shape index (κ1) is 17.8. The van der Waals surface area contributed by atoms with Gasteiger partial charge in [0, 0.05) is 25.9 Å². The average molecular weight is 337 g/mol. The number of nitro groups is 1. The van der Waals surface area contributed by atoms with E-state index in [1.54, 1.807) is 11.0 Å². The van der Waals surface area contributed by atoms with Crippen LogP contribution in [0.1, 0.15) is 33.6 Å². The summed E-state index contributed by atoms with van der Waals surface area (Å²) in [6.45, 7) is 6.53. The van der Waals surface area contributed by atoms with Gasteiger partial charge in [0.2, 0.25) is 0 Å². The van der Waals surface area contributed by atoms with Crippen molar-refractivity contribution in [3.05, 3.63) is 28.3 Å². The van der Waals surface area contributed by atoms with Crippen LogP contribution in [0.25, 0.3) is 0 Å². The fourth-order valence-electron chi connectivity index (χ4n) is 2.43. The molecule has 0 saturated carbocycles. The van der Waals surface area contributed by atoms with Gasteiger partial charge in [-0.3, -0.25) is 10.1 Å². The number of nitrogens with zero attached hydrogens (tertiary/aromatic N) is 2. The summed E-state index contributed by atoms with van der Waals surface area (Å²) >= 11 is 0. The number of nitrogen functional groups attached to an aromatic ring is 1. The fraction of sp³-hybridized carbons (Fsp3) is 0.562. The molecule has 0 radical (unpaired) electrons. The molecule has 0 aromatic heterocycles. The van der Waals surface area contributed by atoms with Gasteiger partial charge in [0.05, 0.1) is 11.0 Å². The molecule has 0 bridgehead atoms. The highest BCUT2D eigenvalue weighted by atomic mass is 16.6. The smallest absolute Gasteiger partial charge is 0.410 e. The molecule has 1 saturated heterocycles. The van der Waals surface area contributed by atoms with Crippen LogP contribution >= 0.6 is 0 Å². The average Bonchev–Trinajstić information content (AvgIpc) is 2.48. The first-order valence-electron chi connectivity index (χ1n) is 7.84. The third kappa shape index (κ3) is 4.74. The number of rotatable bonds is 3. The standard InChI is InChI=1S/C16H23N3O5/c1-16(2,3)24-15(20)18-8-6-11(7-9-18)23-12-4-5-13(17)14(10-12)19(21)22/h4-5,10-11H,6-9,17H2,1-3H3. The molecule has 0 atom stereocenters. The summed E-state index contributed by atoms with van der Waals surface area (Å²) in [5.74, 6) is 0.409. The molecule has 1 aliphatic heterocycles. The molecule has 1 heterocycles. The SMILES string of the molecule is CC(C)(C)OC(=O)N1CCC(Oc2ccc(N)c([N+](=O)[O-])c2)CC1. The Morgan fingerprint density at radius 3 is 2.50 bits per heavy atom. The van der Waals surface area contributed by atoms with E-state index in [-0.39, 0.29) is 23.6 Å². The van der Waals surface area contributed by atoms with Gasteiger partial charge in [0.1, 0.15) is 23.1 Å². The molecule has 1 aromatic carbocycles. The van der Waals surface area contributed by atoms with Gasteiger partial charge in [-0.05, 0) is 32.9 Å². The molecule has 132 valence electrons. The van der Waals surface area contributed by atoms with E-state index in [4.69, 9.17) is 15.2 Å². The number of benzene rings is 1. The Kier molecular flexibility index (Phi) is 5.16. The van der Waals surface area contributed by atoms with Crippen LogP contribution in [0.4, 0.5) is 16.2 Å². The second kappa shape index (κ2) is 6.94. The fourth-order valence-corrected chi connectivity index (χ4v) is 2.43. The van der Waals surface area contributed by atoms with Gasteiger partial charge in [-0.2, -0.15) is 0 Å². The minimum atomic E-state index is -0.534. The number of hydrogen-bond donors (Lipinski definition) is 1. The molecule has 0 spiro atoms. The minimum Gasteiger partial charge on any atom is -0.490 e. The van der Waals surface area contributed by atoms with E-state index in [0.29, 0.717) is 31.7 Å². The Labute approximate surface area is 140 Å². The number of amides is 1. The van der Waals surface area contributed by atoms with E-state index < -0.39 is 10.5 Å². The van der Waals surface area contributed by atoms with E-state index in [9.17, 15) is 14.9 Å². The van der Waals surface area contributed by atoms with E-state index in [2.05, 4.69) is 0 Å². The molecule has 1 aromatic rings. The van der Waals surface area contributed by atoms with Crippen LogP contribution in [-0.4, -0.2) is 40.7 Å². The second-order valence-corrected chi connectivity index (χ2v) is 6.76. The van der Waals surface area contributed by atoms with Crippen LogP contribution in [-0.2, 0) is 4.74 Å². The second-order valence-electron chi connectivity index (χ2n) is 6.76. The number of hydrogen-bond acceptors (Lipinski definition) is 6. The highest BCUT2D eigenvalue weighted by Gasteiger charge is 2.28. The lowest BCUT2D eigenvalue weighted by atomic mass is 10.1. The predicted octanol–water partition coefficient (Wildman–Crippen LogP) is 2.96. The largest absolute Gasteiger partial charge is 0.490 e. The summed E-state index contributed by atoms with van der Waals surface area (Å²) in [5.41, 5.74) is 4.99. The van der Waals surface area contributed by atoms with Gasteiger partial charge in [0.15, 0.2) is 0 Å².